The molecular weight excluding hydrogens is 382 g/mol. The van der Waals surface area contributed by atoms with Gasteiger partial charge in [0, 0.05) is 0 Å². The molecule has 0 unspecified atom stereocenters. The number of aromatic nitrogens is 3. The van der Waals surface area contributed by atoms with Gasteiger partial charge in [0.1, 0.15) is 18.5 Å². The van der Waals surface area contributed by atoms with Gasteiger partial charge >= 0.3 is 12.0 Å². The number of carbonyl (C=O) groups excluding carboxylic acids is 1. The van der Waals surface area contributed by atoms with Crippen molar-refractivity contribution >= 4 is 23.1 Å². The molecule has 0 saturated heterocycles. The first kappa shape index (κ1) is 19.4. The van der Waals surface area contributed by atoms with Gasteiger partial charge in [-0.05, 0) is 23.3 Å². The van der Waals surface area contributed by atoms with Gasteiger partial charge in [-0.1, -0.05) is 48.0 Å². The van der Waals surface area contributed by atoms with E-state index in [1.165, 1.54) is 31.5 Å². The number of para-hydroxylation sites is 1. The monoisotopic (exact) mass is 399 g/mol. The lowest BCUT2D eigenvalue weighted by atomic mass is 10.0. The SMILES string of the molecule is CO/C=C(/C(=O)OC)c1ccccc1COc1ncn(-c2ccccc2Cl)n1. The van der Waals surface area contributed by atoms with Gasteiger partial charge in [0.2, 0.25) is 0 Å². The average molecular weight is 400 g/mol. The maximum absolute atomic E-state index is 12.1. The summed E-state index contributed by atoms with van der Waals surface area (Å²) in [7, 11) is 2.78. The van der Waals surface area contributed by atoms with E-state index < -0.39 is 5.97 Å². The van der Waals surface area contributed by atoms with E-state index in [1.54, 1.807) is 12.1 Å². The third-order valence-electron chi connectivity index (χ3n) is 3.88. The lowest BCUT2D eigenvalue weighted by Gasteiger charge is -2.11. The molecule has 0 aliphatic heterocycles. The molecule has 0 aliphatic carbocycles. The first-order valence-electron chi connectivity index (χ1n) is 8.33. The summed E-state index contributed by atoms with van der Waals surface area (Å²) in [6, 6.07) is 14.8. The molecule has 0 saturated carbocycles. The van der Waals surface area contributed by atoms with Gasteiger partial charge in [0.25, 0.3) is 0 Å². The number of carbonyl (C=O) groups is 1. The van der Waals surface area contributed by atoms with Crippen LogP contribution >= 0.6 is 11.6 Å². The van der Waals surface area contributed by atoms with Crippen LogP contribution < -0.4 is 4.74 Å². The molecule has 2 aromatic carbocycles. The topological polar surface area (TPSA) is 75.5 Å². The van der Waals surface area contributed by atoms with E-state index >= 15 is 0 Å². The minimum atomic E-state index is -0.504. The number of halogens is 1. The first-order chi connectivity index (χ1) is 13.6. The van der Waals surface area contributed by atoms with Crippen molar-refractivity contribution in [2.24, 2.45) is 0 Å². The Hall–Kier alpha value is -3.32. The standard InChI is InChI=1S/C20H18ClN3O4/c1-26-12-16(19(25)27-2)15-8-4-3-7-14(15)11-28-20-22-13-24(23-20)18-10-6-5-9-17(18)21/h3-10,12-13H,11H2,1-2H3/b16-12+. The second-order valence-electron chi connectivity index (χ2n) is 5.63. The van der Waals surface area contributed by atoms with E-state index in [0.717, 1.165) is 5.56 Å². The second-order valence-corrected chi connectivity index (χ2v) is 6.03. The highest BCUT2D eigenvalue weighted by Gasteiger charge is 2.17. The maximum Gasteiger partial charge on any atom is 0.341 e. The normalized spacial score (nSPS) is 11.2. The summed E-state index contributed by atoms with van der Waals surface area (Å²) in [4.78, 5) is 16.2. The van der Waals surface area contributed by atoms with Gasteiger partial charge < -0.3 is 14.2 Å². The fraction of sp³-hybridized carbons (Fsp3) is 0.150. The maximum atomic E-state index is 12.1. The Morgan fingerprint density at radius 2 is 1.89 bits per heavy atom. The molecule has 0 radical (unpaired) electrons. The lowest BCUT2D eigenvalue weighted by molar-refractivity contribution is -0.133. The number of esters is 1. The van der Waals surface area contributed by atoms with Crippen molar-refractivity contribution in [3.05, 3.63) is 77.3 Å². The van der Waals surface area contributed by atoms with Crippen LogP contribution in [0.15, 0.2) is 61.1 Å². The van der Waals surface area contributed by atoms with Crippen LogP contribution in [0.25, 0.3) is 11.3 Å². The van der Waals surface area contributed by atoms with E-state index in [9.17, 15) is 4.79 Å². The third kappa shape index (κ3) is 4.32. The van der Waals surface area contributed by atoms with Crippen LogP contribution in [0.2, 0.25) is 5.02 Å². The van der Waals surface area contributed by atoms with Gasteiger partial charge in [0.05, 0.1) is 31.2 Å². The summed E-state index contributed by atoms with van der Waals surface area (Å²) in [6.45, 7) is 0.154. The van der Waals surface area contributed by atoms with Crippen LogP contribution in [0, 0.1) is 0 Å². The van der Waals surface area contributed by atoms with Gasteiger partial charge in [-0.3, -0.25) is 0 Å². The lowest BCUT2D eigenvalue weighted by Crippen LogP contribution is -2.08. The number of hydrogen-bond donors (Lipinski definition) is 0. The van der Waals surface area contributed by atoms with Crippen molar-refractivity contribution in [2.75, 3.05) is 14.2 Å². The highest BCUT2D eigenvalue weighted by molar-refractivity contribution is 6.32. The summed E-state index contributed by atoms with van der Waals surface area (Å²) in [5, 5.41) is 4.84. The smallest absolute Gasteiger partial charge is 0.341 e. The first-order valence-corrected chi connectivity index (χ1v) is 8.70. The molecule has 0 spiro atoms. The molecule has 1 aromatic heterocycles. The Kier molecular flexibility index (Phi) is 6.29. The van der Waals surface area contributed by atoms with Crippen molar-refractivity contribution in [1.82, 2.24) is 14.8 Å². The predicted octanol–water partition coefficient (Wildman–Crippen LogP) is 3.66. The van der Waals surface area contributed by atoms with Crippen LogP contribution in [0.4, 0.5) is 0 Å². The van der Waals surface area contributed by atoms with E-state index in [-0.39, 0.29) is 12.6 Å². The summed E-state index contributed by atoms with van der Waals surface area (Å²) in [5.74, 6) is -0.504. The summed E-state index contributed by atoms with van der Waals surface area (Å²) < 4.78 is 17.1. The second kappa shape index (κ2) is 9.05. The van der Waals surface area contributed by atoms with Crippen molar-refractivity contribution in [2.45, 2.75) is 6.61 Å². The molecule has 3 rings (SSSR count). The van der Waals surface area contributed by atoms with Crippen molar-refractivity contribution in [3.63, 3.8) is 0 Å². The molecule has 8 heteroatoms. The quantitative estimate of drug-likeness (QED) is 0.343. The fourth-order valence-corrected chi connectivity index (χ4v) is 2.79. The molecule has 3 aromatic rings. The number of nitrogens with zero attached hydrogens (tertiary/aromatic N) is 3. The Balaban J connectivity index is 1.80. The molecule has 1 heterocycles. The van der Waals surface area contributed by atoms with Crippen LogP contribution in [0.3, 0.4) is 0 Å². The number of hydrogen-bond acceptors (Lipinski definition) is 6. The molecular formula is C20H18ClN3O4. The third-order valence-corrected chi connectivity index (χ3v) is 4.20. The average Bonchev–Trinajstić information content (AvgIpc) is 3.19. The van der Waals surface area contributed by atoms with E-state index in [4.69, 9.17) is 25.8 Å². The predicted molar refractivity (Wildman–Crippen MR) is 104 cm³/mol. The summed E-state index contributed by atoms with van der Waals surface area (Å²) >= 11 is 6.18. The molecule has 7 nitrogen and oxygen atoms in total. The van der Waals surface area contributed by atoms with E-state index in [2.05, 4.69) is 10.1 Å². The van der Waals surface area contributed by atoms with E-state index in [0.29, 0.717) is 21.8 Å². The van der Waals surface area contributed by atoms with Gasteiger partial charge in [-0.2, -0.15) is 4.98 Å². The number of methoxy groups -OCH3 is 2. The molecule has 144 valence electrons. The van der Waals surface area contributed by atoms with Crippen LogP contribution in [0.1, 0.15) is 11.1 Å². The van der Waals surface area contributed by atoms with Crippen LogP contribution in [-0.4, -0.2) is 35.0 Å². The molecule has 0 fully saturated rings. The number of rotatable bonds is 7. The van der Waals surface area contributed by atoms with Gasteiger partial charge in [-0.15, -0.1) is 5.10 Å². The van der Waals surface area contributed by atoms with Crippen molar-refractivity contribution < 1.29 is 19.0 Å². The minimum Gasteiger partial charge on any atom is -0.503 e. The van der Waals surface area contributed by atoms with Crippen LogP contribution in [0.5, 0.6) is 6.01 Å². The summed E-state index contributed by atoms with van der Waals surface area (Å²) in [5.41, 5.74) is 2.38. The fourth-order valence-electron chi connectivity index (χ4n) is 2.57. The zero-order valence-electron chi connectivity index (χ0n) is 15.3. The van der Waals surface area contributed by atoms with Crippen molar-refractivity contribution in [3.8, 4) is 11.7 Å². The number of ether oxygens (including phenoxy) is 3. The Bertz CT molecular complexity index is 1000. The highest BCUT2D eigenvalue weighted by Crippen LogP contribution is 2.23. The van der Waals surface area contributed by atoms with Crippen LogP contribution in [-0.2, 0) is 20.9 Å². The highest BCUT2D eigenvalue weighted by atomic mass is 35.5. The molecule has 0 atom stereocenters. The molecule has 28 heavy (non-hydrogen) atoms. The van der Waals surface area contributed by atoms with Gasteiger partial charge in [-0.25, -0.2) is 9.48 Å². The molecule has 0 amide bonds. The van der Waals surface area contributed by atoms with Gasteiger partial charge in [0.15, 0.2) is 0 Å². The minimum absolute atomic E-state index is 0.154. The largest absolute Gasteiger partial charge is 0.503 e. The Morgan fingerprint density at radius 1 is 1.14 bits per heavy atom. The zero-order valence-corrected chi connectivity index (χ0v) is 16.1. The molecule has 0 aliphatic rings. The molecule has 0 N–H and O–H groups in total. The zero-order chi connectivity index (χ0) is 19.9. The summed E-state index contributed by atoms with van der Waals surface area (Å²) in [6.07, 6.45) is 2.86. The Labute approximate surface area is 167 Å². The Morgan fingerprint density at radius 3 is 2.64 bits per heavy atom. The molecule has 0 bridgehead atoms. The van der Waals surface area contributed by atoms with Crippen molar-refractivity contribution in [1.29, 1.82) is 0 Å². The van der Waals surface area contributed by atoms with E-state index in [1.807, 2.05) is 36.4 Å². The number of benzene rings is 2.